The fourth-order valence-corrected chi connectivity index (χ4v) is 6.94. The molecule has 4 rings (SSSR count). The number of amides is 1. The van der Waals surface area contributed by atoms with E-state index in [1.165, 1.54) is 46.8 Å². The molecule has 0 spiro atoms. The Hall–Kier alpha value is -2.93. The van der Waals surface area contributed by atoms with Crippen LogP contribution in [0, 0.1) is 13.8 Å². The van der Waals surface area contributed by atoms with Crippen molar-refractivity contribution in [2.45, 2.75) is 49.3 Å². The quantitative estimate of drug-likeness (QED) is 0.427. The lowest BCUT2D eigenvalue weighted by Crippen LogP contribution is -2.32. The molecule has 1 fully saturated rings. The van der Waals surface area contributed by atoms with Crippen molar-refractivity contribution >= 4 is 49.1 Å². The van der Waals surface area contributed by atoms with Crippen molar-refractivity contribution in [2.75, 3.05) is 23.1 Å². The Morgan fingerprint density at radius 2 is 1.62 bits per heavy atom. The van der Waals surface area contributed by atoms with E-state index < -0.39 is 26.0 Å². The summed E-state index contributed by atoms with van der Waals surface area (Å²) in [4.78, 5) is 12.7. The Morgan fingerprint density at radius 1 is 0.973 bits per heavy atom. The molecule has 3 aromatic rings. The molecule has 1 aromatic heterocycles. The van der Waals surface area contributed by atoms with E-state index in [1.54, 1.807) is 13.8 Å². The number of nitrogens with zero attached hydrogens (tertiary/aromatic N) is 2. The van der Waals surface area contributed by atoms with Gasteiger partial charge < -0.3 is 9.84 Å². The lowest BCUT2D eigenvalue weighted by molar-refractivity contribution is 0.102. The Kier molecular flexibility index (Phi) is 7.93. The van der Waals surface area contributed by atoms with Gasteiger partial charge in [-0.25, -0.2) is 21.6 Å². The largest absolute Gasteiger partial charge is 0.337 e. The number of aryl methyl sites for hydroxylation is 1. The predicted molar refractivity (Wildman–Crippen MR) is 140 cm³/mol. The van der Waals surface area contributed by atoms with Gasteiger partial charge in [-0.15, -0.1) is 0 Å². The number of carbonyl (C=O) groups is 1. The number of hydrogen-bond donors (Lipinski definition) is 2. The smallest absolute Gasteiger partial charge is 0.264 e. The molecular formula is C24H27ClN4O6S2. The molecule has 1 aliphatic rings. The van der Waals surface area contributed by atoms with Gasteiger partial charge in [0.05, 0.1) is 15.6 Å². The molecule has 0 radical (unpaired) electrons. The molecule has 0 unspecified atom stereocenters. The van der Waals surface area contributed by atoms with Crippen molar-refractivity contribution < 1.29 is 26.2 Å². The van der Waals surface area contributed by atoms with Crippen LogP contribution in [0.5, 0.6) is 0 Å². The van der Waals surface area contributed by atoms with Gasteiger partial charge in [-0.1, -0.05) is 29.6 Å². The molecule has 13 heteroatoms. The molecular weight excluding hydrogens is 540 g/mol. The zero-order valence-corrected chi connectivity index (χ0v) is 22.7. The van der Waals surface area contributed by atoms with Gasteiger partial charge in [0.2, 0.25) is 15.9 Å². The van der Waals surface area contributed by atoms with E-state index >= 15 is 0 Å². The lowest BCUT2D eigenvalue weighted by Gasteiger charge is -2.21. The van der Waals surface area contributed by atoms with Crippen molar-refractivity contribution in [3.8, 4) is 0 Å². The van der Waals surface area contributed by atoms with Gasteiger partial charge in [0.1, 0.15) is 4.90 Å². The van der Waals surface area contributed by atoms with Crippen molar-refractivity contribution in [3.63, 3.8) is 0 Å². The first-order valence-corrected chi connectivity index (χ1v) is 15.0. The van der Waals surface area contributed by atoms with Gasteiger partial charge in [0.25, 0.3) is 15.9 Å². The Labute approximate surface area is 221 Å². The molecule has 0 saturated carbocycles. The molecule has 2 N–H and O–H groups in total. The van der Waals surface area contributed by atoms with Crippen molar-refractivity contribution in [3.05, 3.63) is 64.3 Å². The fraction of sp³-hybridized carbons (Fsp3) is 0.333. The van der Waals surface area contributed by atoms with Crippen LogP contribution < -0.4 is 10.0 Å². The third kappa shape index (κ3) is 5.98. The zero-order valence-electron chi connectivity index (χ0n) is 20.3. The van der Waals surface area contributed by atoms with Crippen LogP contribution >= 0.6 is 11.6 Å². The normalized spacial score (nSPS) is 15.2. The first-order valence-electron chi connectivity index (χ1n) is 11.7. The van der Waals surface area contributed by atoms with Gasteiger partial charge >= 0.3 is 0 Å². The van der Waals surface area contributed by atoms with E-state index in [-0.39, 0.29) is 26.3 Å². The van der Waals surface area contributed by atoms with E-state index in [4.69, 9.17) is 16.1 Å². The standard InChI is InChI=1S/C24H27ClN4O6S2/c1-16-17(2)27-35-24(16)28-36(31,32)20-10-8-19(9-11-20)26-23(30)18-7-12-21(25)22(15-18)37(33,34)29-13-5-3-4-6-14-29/h7-12,15,28H,3-6,13-14H2,1-2H3,(H,26,30). The second-order valence-corrected chi connectivity index (χ2v) is 12.8. The molecule has 2 aromatic carbocycles. The highest BCUT2D eigenvalue weighted by atomic mass is 35.5. The van der Waals surface area contributed by atoms with Gasteiger partial charge in [-0.05, 0) is 69.2 Å². The molecule has 1 aliphatic heterocycles. The molecule has 1 saturated heterocycles. The van der Waals surface area contributed by atoms with E-state index in [9.17, 15) is 21.6 Å². The van der Waals surface area contributed by atoms with Crippen molar-refractivity contribution in [1.82, 2.24) is 9.46 Å². The maximum absolute atomic E-state index is 13.2. The molecule has 0 atom stereocenters. The van der Waals surface area contributed by atoms with Crippen LogP contribution in [0.1, 0.15) is 47.3 Å². The summed E-state index contributed by atoms with van der Waals surface area (Å²) in [5, 5.41) is 6.42. The van der Waals surface area contributed by atoms with Crippen LogP contribution in [0.4, 0.5) is 11.6 Å². The highest BCUT2D eigenvalue weighted by molar-refractivity contribution is 7.92. The van der Waals surface area contributed by atoms with Gasteiger partial charge in [-0.2, -0.15) is 4.31 Å². The van der Waals surface area contributed by atoms with Crippen LogP contribution in [0.2, 0.25) is 5.02 Å². The van der Waals surface area contributed by atoms with Crippen molar-refractivity contribution in [1.29, 1.82) is 0 Å². The summed E-state index contributed by atoms with van der Waals surface area (Å²) in [6, 6.07) is 9.59. The second-order valence-electron chi connectivity index (χ2n) is 8.77. The predicted octanol–water partition coefficient (Wildman–Crippen LogP) is 4.56. The number of halogens is 1. The van der Waals surface area contributed by atoms with E-state index in [2.05, 4.69) is 15.2 Å². The monoisotopic (exact) mass is 566 g/mol. The van der Waals surface area contributed by atoms with E-state index in [0.717, 1.165) is 25.7 Å². The highest BCUT2D eigenvalue weighted by Crippen LogP contribution is 2.28. The average molecular weight is 567 g/mol. The molecule has 0 aliphatic carbocycles. The molecule has 198 valence electrons. The van der Waals surface area contributed by atoms with E-state index in [0.29, 0.717) is 30.0 Å². The highest BCUT2D eigenvalue weighted by Gasteiger charge is 2.28. The van der Waals surface area contributed by atoms with E-state index in [1.807, 2.05) is 0 Å². The number of hydrogen-bond acceptors (Lipinski definition) is 7. The minimum absolute atomic E-state index is 0.0311. The third-order valence-corrected chi connectivity index (χ3v) is 9.91. The summed E-state index contributed by atoms with van der Waals surface area (Å²) in [7, 11) is -7.80. The third-order valence-electron chi connectivity index (χ3n) is 6.18. The first-order chi connectivity index (χ1) is 17.5. The SMILES string of the molecule is Cc1noc(NS(=O)(=O)c2ccc(NC(=O)c3ccc(Cl)c(S(=O)(=O)N4CCCCCC4)c3)cc2)c1C. The zero-order chi connectivity index (χ0) is 26.8. The maximum Gasteiger partial charge on any atom is 0.264 e. The molecule has 2 heterocycles. The van der Waals surface area contributed by atoms with Crippen LogP contribution in [-0.4, -0.2) is 45.3 Å². The summed E-state index contributed by atoms with van der Waals surface area (Å²) in [6.07, 6.45) is 3.49. The molecule has 0 bridgehead atoms. The minimum atomic E-state index is -3.94. The summed E-state index contributed by atoms with van der Waals surface area (Å²) in [5.74, 6) is -0.533. The van der Waals surface area contributed by atoms with Gasteiger partial charge in [0.15, 0.2) is 0 Å². The van der Waals surface area contributed by atoms with Gasteiger partial charge in [-0.3, -0.25) is 4.79 Å². The number of anilines is 2. The Bertz CT molecular complexity index is 1510. The topological polar surface area (TPSA) is 139 Å². The molecule has 1 amide bonds. The average Bonchev–Trinajstić information content (AvgIpc) is 3.06. The lowest BCUT2D eigenvalue weighted by atomic mass is 10.2. The van der Waals surface area contributed by atoms with Crippen LogP contribution in [0.25, 0.3) is 0 Å². The summed E-state index contributed by atoms with van der Waals surface area (Å²) < 4.78 is 60.6. The summed E-state index contributed by atoms with van der Waals surface area (Å²) >= 11 is 6.22. The number of aromatic nitrogens is 1. The number of carbonyl (C=O) groups excluding carboxylic acids is 1. The molecule has 10 nitrogen and oxygen atoms in total. The van der Waals surface area contributed by atoms with Crippen molar-refractivity contribution in [2.24, 2.45) is 0 Å². The first kappa shape index (κ1) is 27.1. The number of benzene rings is 2. The Balaban J connectivity index is 1.50. The van der Waals surface area contributed by atoms with Crippen LogP contribution in [0.3, 0.4) is 0 Å². The van der Waals surface area contributed by atoms with Gasteiger partial charge in [0, 0.05) is 29.9 Å². The Morgan fingerprint density at radius 3 is 2.22 bits per heavy atom. The fourth-order valence-electron chi connectivity index (χ4n) is 3.88. The number of sulfonamides is 2. The van der Waals surface area contributed by atoms with Crippen LogP contribution in [-0.2, 0) is 20.0 Å². The number of nitrogens with one attached hydrogen (secondary N) is 2. The summed E-state index contributed by atoms with van der Waals surface area (Å²) in [6.45, 7) is 4.20. The second kappa shape index (κ2) is 10.8. The van der Waals surface area contributed by atoms with Crippen LogP contribution in [0.15, 0.2) is 56.8 Å². The minimum Gasteiger partial charge on any atom is -0.337 e. The maximum atomic E-state index is 13.2. The number of rotatable bonds is 7. The summed E-state index contributed by atoms with van der Waals surface area (Å²) in [5.41, 5.74) is 1.57. The molecule has 37 heavy (non-hydrogen) atoms.